The zero-order valence-corrected chi connectivity index (χ0v) is 18.9. The summed E-state index contributed by atoms with van der Waals surface area (Å²) in [6.07, 6.45) is 0. The second-order valence-electron chi connectivity index (χ2n) is 6.34. The van der Waals surface area contributed by atoms with Gasteiger partial charge >= 0.3 is 0 Å². The quantitative estimate of drug-likeness (QED) is 0.276. The number of nitrogens with zero attached hydrogens (tertiary/aromatic N) is 3. The van der Waals surface area contributed by atoms with E-state index in [1.54, 1.807) is 7.11 Å². The predicted octanol–water partition coefficient (Wildman–Crippen LogP) is 7.20. The van der Waals surface area contributed by atoms with Crippen molar-refractivity contribution in [2.24, 2.45) is 0 Å². The molecule has 0 aliphatic carbocycles. The van der Waals surface area contributed by atoms with Crippen LogP contribution in [0, 0.1) is 0 Å². The summed E-state index contributed by atoms with van der Waals surface area (Å²) in [5, 5.41) is 11.5. The fourth-order valence-electron chi connectivity index (χ4n) is 2.92. The molecule has 152 valence electrons. The maximum atomic E-state index is 6.33. The van der Waals surface area contributed by atoms with Crippen LogP contribution in [0.5, 0.6) is 5.75 Å². The van der Waals surface area contributed by atoms with E-state index in [1.807, 2.05) is 71.3 Å². The van der Waals surface area contributed by atoms with Gasteiger partial charge in [-0.05, 0) is 66.2 Å². The largest absolute Gasteiger partial charge is 0.497 e. The van der Waals surface area contributed by atoms with Crippen molar-refractivity contribution in [3.8, 4) is 22.8 Å². The summed E-state index contributed by atoms with van der Waals surface area (Å²) in [6.45, 7) is 0. The summed E-state index contributed by atoms with van der Waals surface area (Å²) < 4.78 is 7.26. The van der Waals surface area contributed by atoms with Crippen molar-refractivity contribution >= 4 is 46.6 Å². The average molecular weight is 477 g/mol. The summed E-state index contributed by atoms with van der Waals surface area (Å²) >= 11 is 20.3. The number of hydrogen-bond acceptors (Lipinski definition) is 4. The molecule has 0 fully saturated rings. The van der Waals surface area contributed by atoms with Crippen LogP contribution in [0.15, 0.2) is 71.9 Å². The number of halogens is 3. The fourth-order valence-corrected chi connectivity index (χ4v) is 4.74. The molecule has 0 saturated heterocycles. The predicted molar refractivity (Wildman–Crippen MR) is 124 cm³/mol. The molecular weight excluding hydrogens is 461 g/mol. The minimum atomic E-state index is 0.562. The van der Waals surface area contributed by atoms with Crippen LogP contribution in [0.2, 0.25) is 15.1 Å². The second-order valence-corrected chi connectivity index (χ2v) is 8.53. The third-order valence-electron chi connectivity index (χ3n) is 4.47. The van der Waals surface area contributed by atoms with Crippen molar-refractivity contribution in [3.63, 3.8) is 0 Å². The number of hydrogen-bond donors (Lipinski definition) is 0. The Hall–Kier alpha value is -2.18. The molecule has 0 amide bonds. The van der Waals surface area contributed by atoms with Crippen LogP contribution >= 0.6 is 46.6 Å². The average Bonchev–Trinajstić information content (AvgIpc) is 3.18. The Morgan fingerprint density at radius 3 is 2.17 bits per heavy atom. The molecule has 1 aromatic heterocycles. The highest BCUT2D eigenvalue weighted by Gasteiger charge is 2.17. The van der Waals surface area contributed by atoms with Gasteiger partial charge in [0.1, 0.15) is 5.75 Å². The summed E-state index contributed by atoms with van der Waals surface area (Å²) in [7, 11) is 1.64. The van der Waals surface area contributed by atoms with Gasteiger partial charge in [-0.3, -0.25) is 4.57 Å². The van der Waals surface area contributed by atoms with Gasteiger partial charge in [-0.2, -0.15) is 0 Å². The number of methoxy groups -OCH3 is 1. The molecule has 0 aliphatic rings. The normalized spacial score (nSPS) is 10.9. The van der Waals surface area contributed by atoms with E-state index in [0.717, 1.165) is 27.7 Å². The molecule has 4 rings (SSSR count). The Morgan fingerprint density at radius 1 is 0.867 bits per heavy atom. The Bertz CT molecular complexity index is 1140. The highest BCUT2D eigenvalue weighted by molar-refractivity contribution is 7.98. The molecule has 4 aromatic rings. The lowest BCUT2D eigenvalue weighted by Crippen LogP contribution is -2.00. The van der Waals surface area contributed by atoms with Gasteiger partial charge in [-0.1, -0.05) is 52.6 Å². The number of aromatic nitrogens is 3. The lowest BCUT2D eigenvalue weighted by Gasteiger charge is -2.12. The molecule has 0 spiro atoms. The smallest absolute Gasteiger partial charge is 0.196 e. The fraction of sp³-hybridized carbons (Fsp3) is 0.0909. The van der Waals surface area contributed by atoms with Gasteiger partial charge < -0.3 is 4.74 Å². The SMILES string of the molecule is COc1ccc(-c2nnc(SCc3c(Cl)cccc3Cl)n2-c2ccc(Cl)cc2)cc1. The Morgan fingerprint density at radius 2 is 1.53 bits per heavy atom. The van der Waals surface area contributed by atoms with E-state index < -0.39 is 0 Å². The Kier molecular flexibility index (Phi) is 6.54. The Balaban J connectivity index is 1.74. The number of rotatable bonds is 6. The van der Waals surface area contributed by atoms with Gasteiger partial charge in [0.25, 0.3) is 0 Å². The van der Waals surface area contributed by atoms with Crippen molar-refractivity contribution in [1.82, 2.24) is 14.8 Å². The molecule has 0 bridgehead atoms. The molecule has 0 aliphatic heterocycles. The van der Waals surface area contributed by atoms with E-state index in [2.05, 4.69) is 10.2 Å². The first kappa shape index (κ1) is 21.1. The van der Waals surface area contributed by atoms with Crippen LogP contribution in [0.1, 0.15) is 5.56 Å². The molecule has 8 heteroatoms. The van der Waals surface area contributed by atoms with Crippen LogP contribution in [-0.2, 0) is 5.75 Å². The monoisotopic (exact) mass is 475 g/mol. The minimum absolute atomic E-state index is 0.562. The molecule has 1 heterocycles. The van der Waals surface area contributed by atoms with E-state index in [-0.39, 0.29) is 0 Å². The van der Waals surface area contributed by atoms with Gasteiger partial charge in [0.05, 0.1) is 7.11 Å². The molecular formula is C22H16Cl3N3OS. The van der Waals surface area contributed by atoms with Crippen molar-refractivity contribution in [2.75, 3.05) is 7.11 Å². The first-order valence-electron chi connectivity index (χ1n) is 8.98. The molecule has 0 unspecified atom stereocenters. The van der Waals surface area contributed by atoms with E-state index in [1.165, 1.54) is 11.8 Å². The summed E-state index contributed by atoms with van der Waals surface area (Å²) in [5.74, 6) is 2.05. The standard InChI is InChI=1S/C22H16Cl3N3OS/c1-29-17-11-5-14(6-12-17)21-26-27-22(28(21)16-9-7-15(23)8-10-16)30-13-18-19(24)3-2-4-20(18)25/h2-12H,13H2,1H3. The number of ether oxygens (including phenoxy) is 1. The summed E-state index contributed by atoms with van der Waals surface area (Å²) in [6, 6.07) is 20.7. The zero-order valence-electron chi connectivity index (χ0n) is 15.8. The van der Waals surface area contributed by atoms with E-state index in [4.69, 9.17) is 39.5 Å². The van der Waals surface area contributed by atoms with E-state index in [9.17, 15) is 0 Å². The van der Waals surface area contributed by atoms with E-state index >= 15 is 0 Å². The summed E-state index contributed by atoms with van der Waals surface area (Å²) in [4.78, 5) is 0. The highest BCUT2D eigenvalue weighted by Crippen LogP contribution is 2.34. The topological polar surface area (TPSA) is 39.9 Å². The number of thioether (sulfide) groups is 1. The molecule has 3 aromatic carbocycles. The molecule has 0 saturated carbocycles. The lowest BCUT2D eigenvalue weighted by atomic mass is 10.2. The minimum Gasteiger partial charge on any atom is -0.497 e. The molecule has 0 N–H and O–H groups in total. The van der Waals surface area contributed by atoms with Gasteiger partial charge in [-0.15, -0.1) is 10.2 Å². The molecule has 30 heavy (non-hydrogen) atoms. The number of benzene rings is 3. The maximum absolute atomic E-state index is 6.33. The van der Waals surface area contributed by atoms with Crippen molar-refractivity contribution < 1.29 is 4.74 Å². The van der Waals surface area contributed by atoms with Gasteiger partial charge in [-0.25, -0.2) is 0 Å². The van der Waals surface area contributed by atoms with Crippen LogP contribution in [0.25, 0.3) is 17.1 Å². The van der Waals surface area contributed by atoms with Crippen molar-refractivity contribution in [1.29, 1.82) is 0 Å². The van der Waals surface area contributed by atoms with Crippen LogP contribution in [-0.4, -0.2) is 21.9 Å². The zero-order chi connectivity index (χ0) is 21.1. The van der Waals surface area contributed by atoms with E-state index in [0.29, 0.717) is 26.6 Å². The van der Waals surface area contributed by atoms with Crippen LogP contribution < -0.4 is 4.74 Å². The van der Waals surface area contributed by atoms with Gasteiger partial charge in [0.15, 0.2) is 11.0 Å². The van der Waals surface area contributed by atoms with Crippen molar-refractivity contribution in [2.45, 2.75) is 10.9 Å². The maximum Gasteiger partial charge on any atom is 0.196 e. The van der Waals surface area contributed by atoms with Gasteiger partial charge in [0, 0.05) is 32.1 Å². The second kappa shape index (κ2) is 9.31. The third-order valence-corrected chi connectivity index (χ3v) is 6.39. The molecule has 0 radical (unpaired) electrons. The first-order valence-corrected chi connectivity index (χ1v) is 11.1. The summed E-state index contributed by atoms with van der Waals surface area (Å²) in [5.41, 5.74) is 2.69. The molecule has 0 atom stereocenters. The third kappa shape index (κ3) is 4.44. The van der Waals surface area contributed by atoms with Crippen molar-refractivity contribution in [3.05, 3.63) is 87.4 Å². The molecule has 4 nitrogen and oxygen atoms in total. The first-order chi connectivity index (χ1) is 14.6. The van der Waals surface area contributed by atoms with Crippen LogP contribution in [0.3, 0.4) is 0 Å². The van der Waals surface area contributed by atoms with Gasteiger partial charge in [0.2, 0.25) is 0 Å². The highest BCUT2D eigenvalue weighted by atomic mass is 35.5. The lowest BCUT2D eigenvalue weighted by molar-refractivity contribution is 0.415. The van der Waals surface area contributed by atoms with Crippen LogP contribution in [0.4, 0.5) is 0 Å². The Labute approximate surface area is 193 Å².